The summed E-state index contributed by atoms with van der Waals surface area (Å²) in [7, 11) is 4.21. The molecule has 0 radical (unpaired) electrons. The molecule has 0 bridgehead atoms. The molecule has 0 aliphatic carbocycles. The fourth-order valence-corrected chi connectivity index (χ4v) is 1.88. The zero-order valence-corrected chi connectivity index (χ0v) is 10.7. The average Bonchev–Trinajstić information content (AvgIpc) is 2.16. The summed E-state index contributed by atoms with van der Waals surface area (Å²) in [4.78, 5) is 10.2. The summed E-state index contributed by atoms with van der Waals surface area (Å²) in [5.41, 5.74) is 1.40. The maximum Gasteiger partial charge on any atom is 0.115 e. The van der Waals surface area contributed by atoms with Crippen LogP contribution in [0.1, 0.15) is 19.4 Å². The van der Waals surface area contributed by atoms with Gasteiger partial charge in [0, 0.05) is 37.6 Å². The zero-order chi connectivity index (χ0) is 12.0. The van der Waals surface area contributed by atoms with E-state index in [0.29, 0.717) is 0 Å². The van der Waals surface area contributed by atoms with Crippen molar-refractivity contribution in [1.82, 2.24) is 20.2 Å². The lowest BCUT2D eigenvalue weighted by molar-refractivity contribution is 0.232. The molecular formula is C12H22N4. The summed E-state index contributed by atoms with van der Waals surface area (Å²) in [5.74, 6) is 0. The largest absolute Gasteiger partial charge is 0.312 e. The highest BCUT2D eigenvalue weighted by atomic mass is 15.1. The highest BCUT2D eigenvalue weighted by Crippen LogP contribution is 2.14. The maximum absolute atomic E-state index is 3.99. The average molecular weight is 222 g/mol. The third kappa shape index (κ3) is 5.19. The van der Waals surface area contributed by atoms with E-state index < -0.39 is 0 Å². The third-order valence-electron chi connectivity index (χ3n) is 2.29. The van der Waals surface area contributed by atoms with Gasteiger partial charge in [0.25, 0.3) is 0 Å². The van der Waals surface area contributed by atoms with E-state index in [1.54, 1.807) is 6.33 Å². The van der Waals surface area contributed by atoms with Crippen LogP contribution in [-0.2, 0) is 6.54 Å². The summed E-state index contributed by atoms with van der Waals surface area (Å²) in [5, 5.41) is 3.44. The Hall–Kier alpha value is -1.00. The molecular weight excluding hydrogens is 200 g/mol. The van der Waals surface area contributed by atoms with E-state index in [-0.39, 0.29) is 5.41 Å². The Labute approximate surface area is 98.1 Å². The molecule has 4 nitrogen and oxygen atoms in total. The van der Waals surface area contributed by atoms with Gasteiger partial charge in [-0.3, -0.25) is 0 Å². The zero-order valence-electron chi connectivity index (χ0n) is 10.7. The molecule has 0 spiro atoms. The Morgan fingerprint density at radius 1 is 1.25 bits per heavy atom. The van der Waals surface area contributed by atoms with Gasteiger partial charge in [-0.15, -0.1) is 0 Å². The number of rotatable bonds is 6. The van der Waals surface area contributed by atoms with Crippen LogP contribution in [0.5, 0.6) is 0 Å². The smallest absolute Gasteiger partial charge is 0.115 e. The number of hydrogen-bond donors (Lipinski definition) is 1. The van der Waals surface area contributed by atoms with E-state index in [1.807, 2.05) is 12.4 Å². The van der Waals surface area contributed by atoms with E-state index >= 15 is 0 Å². The van der Waals surface area contributed by atoms with Crippen molar-refractivity contribution in [3.05, 3.63) is 24.3 Å². The normalized spacial score (nSPS) is 12.1. The second kappa shape index (κ2) is 5.92. The van der Waals surface area contributed by atoms with Gasteiger partial charge in [0.15, 0.2) is 0 Å². The van der Waals surface area contributed by atoms with Gasteiger partial charge in [-0.25, -0.2) is 9.97 Å². The Morgan fingerprint density at radius 3 is 2.44 bits per heavy atom. The van der Waals surface area contributed by atoms with Crippen LogP contribution in [0.4, 0.5) is 0 Å². The van der Waals surface area contributed by atoms with Crippen molar-refractivity contribution in [3.63, 3.8) is 0 Å². The van der Waals surface area contributed by atoms with E-state index in [2.05, 4.69) is 48.1 Å². The molecule has 0 atom stereocenters. The fourth-order valence-electron chi connectivity index (χ4n) is 1.88. The highest BCUT2D eigenvalue weighted by molar-refractivity contribution is 5.01. The molecule has 16 heavy (non-hydrogen) atoms. The van der Waals surface area contributed by atoms with Crippen molar-refractivity contribution in [2.45, 2.75) is 20.4 Å². The van der Waals surface area contributed by atoms with Crippen LogP contribution in [0.3, 0.4) is 0 Å². The molecule has 0 saturated carbocycles. The van der Waals surface area contributed by atoms with Gasteiger partial charge in [0.05, 0.1) is 0 Å². The third-order valence-corrected chi connectivity index (χ3v) is 2.29. The van der Waals surface area contributed by atoms with E-state index in [4.69, 9.17) is 0 Å². The predicted octanol–water partition coefficient (Wildman–Crippen LogP) is 1.15. The Balaban J connectivity index is 2.30. The molecule has 1 heterocycles. The first kappa shape index (κ1) is 13.1. The Morgan fingerprint density at radius 2 is 1.88 bits per heavy atom. The van der Waals surface area contributed by atoms with Crippen molar-refractivity contribution in [3.8, 4) is 0 Å². The van der Waals surface area contributed by atoms with Crippen molar-refractivity contribution in [2.75, 3.05) is 27.2 Å². The molecule has 90 valence electrons. The minimum atomic E-state index is 0.277. The van der Waals surface area contributed by atoms with Crippen LogP contribution in [0.15, 0.2) is 18.7 Å². The van der Waals surface area contributed by atoms with Gasteiger partial charge in [-0.2, -0.15) is 0 Å². The first-order valence-corrected chi connectivity index (χ1v) is 5.59. The highest BCUT2D eigenvalue weighted by Gasteiger charge is 2.17. The van der Waals surface area contributed by atoms with Crippen molar-refractivity contribution in [1.29, 1.82) is 0 Å². The SMILES string of the molecule is CN(C)CC(C)(C)CNCc1cncnc1. The van der Waals surface area contributed by atoms with Crippen molar-refractivity contribution >= 4 is 0 Å². The first-order valence-electron chi connectivity index (χ1n) is 5.59. The molecule has 0 unspecified atom stereocenters. The number of hydrogen-bond acceptors (Lipinski definition) is 4. The molecule has 0 amide bonds. The Kier molecular flexibility index (Phi) is 4.83. The lowest BCUT2D eigenvalue weighted by atomic mass is 9.93. The number of aromatic nitrogens is 2. The molecule has 4 heteroatoms. The maximum atomic E-state index is 3.99. The molecule has 0 fully saturated rings. The predicted molar refractivity (Wildman–Crippen MR) is 66.1 cm³/mol. The van der Waals surface area contributed by atoms with Gasteiger partial charge in [0.1, 0.15) is 6.33 Å². The van der Waals surface area contributed by atoms with Crippen LogP contribution in [0.2, 0.25) is 0 Å². The first-order chi connectivity index (χ1) is 7.49. The van der Waals surface area contributed by atoms with E-state index in [9.17, 15) is 0 Å². The van der Waals surface area contributed by atoms with Crippen molar-refractivity contribution in [2.24, 2.45) is 5.41 Å². The van der Waals surface area contributed by atoms with Gasteiger partial charge in [-0.1, -0.05) is 13.8 Å². The van der Waals surface area contributed by atoms with E-state index in [1.165, 1.54) is 0 Å². The standard InChI is InChI=1S/C12H22N4/c1-12(2,9-16(3)4)8-13-5-11-6-14-10-15-7-11/h6-7,10,13H,5,8-9H2,1-4H3. The topological polar surface area (TPSA) is 41.0 Å². The number of nitrogens with zero attached hydrogens (tertiary/aromatic N) is 3. The van der Waals surface area contributed by atoms with Gasteiger partial charge >= 0.3 is 0 Å². The van der Waals surface area contributed by atoms with Gasteiger partial charge in [-0.05, 0) is 19.5 Å². The van der Waals surface area contributed by atoms with Gasteiger partial charge in [0.2, 0.25) is 0 Å². The monoisotopic (exact) mass is 222 g/mol. The van der Waals surface area contributed by atoms with Crippen LogP contribution in [-0.4, -0.2) is 42.1 Å². The molecule has 0 aliphatic rings. The lowest BCUT2D eigenvalue weighted by Crippen LogP contribution is -2.37. The minimum absolute atomic E-state index is 0.277. The lowest BCUT2D eigenvalue weighted by Gasteiger charge is -2.28. The van der Waals surface area contributed by atoms with Gasteiger partial charge < -0.3 is 10.2 Å². The summed E-state index contributed by atoms with van der Waals surface area (Å²) < 4.78 is 0. The molecule has 1 rings (SSSR count). The molecule has 1 aromatic rings. The molecule has 0 aliphatic heterocycles. The van der Waals surface area contributed by atoms with Crippen LogP contribution < -0.4 is 5.32 Å². The molecule has 0 saturated heterocycles. The number of nitrogens with one attached hydrogen (secondary N) is 1. The Bertz CT molecular complexity index is 295. The molecule has 1 aromatic heterocycles. The summed E-state index contributed by atoms with van der Waals surface area (Å²) in [6, 6.07) is 0. The van der Waals surface area contributed by atoms with Crippen molar-refractivity contribution < 1.29 is 0 Å². The van der Waals surface area contributed by atoms with Crippen LogP contribution >= 0.6 is 0 Å². The second-order valence-corrected chi connectivity index (χ2v) is 5.25. The van der Waals surface area contributed by atoms with Crippen LogP contribution in [0, 0.1) is 5.41 Å². The fraction of sp³-hybridized carbons (Fsp3) is 0.667. The van der Waals surface area contributed by atoms with E-state index in [0.717, 1.165) is 25.2 Å². The second-order valence-electron chi connectivity index (χ2n) is 5.25. The summed E-state index contributed by atoms with van der Waals surface area (Å²) in [6.07, 6.45) is 5.25. The molecule has 1 N–H and O–H groups in total. The molecule has 0 aromatic carbocycles. The quantitative estimate of drug-likeness (QED) is 0.784. The minimum Gasteiger partial charge on any atom is -0.312 e. The summed E-state index contributed by atoms with van der Waals surface area (Å²) in [6.45, 7) is 7.42. The summed E-state index contributed by atoms with van der Waals surface area (Å²) >= 11 is 0. The van der Waals surface area contributed by atoms with Crippen LogP contribution in [0.25, 0.3) is 0 Å².